The fourth-order valence-electron chi connectivity index (χ4n) is 1.41. The highest BCUT2D eigenvalue weighted by atomic mass is 16.5. The molecule has 1 aliphatic rings. The van der Waals surface area contributed by atoms with Crippen molar-refractivity contribution in [1.82, 2.24) is 5.32 Å². The molecule has 1 saturated carbocycles. The Morgan fingerprint density at radius 3 is 2.90 bits per heavy atom. The predicted octanol–water partition coefficient (Wildman–Crippen LogP) is 1.14. The third-order valence-corrected chi connectivity index (χ3v) is 1.99. The molecule has 0 aromatic rings. The average molecular weight is 141 g/mol. The maximum Gasteiger partial charge on any atom is 0.0492 e. The Labute approximate surface area is 62.3 Å². The molecule has 0 heterocycles. The Morgan fingerprint density at radius 2 is 2.40 bits per heavy atom. The standard InChI is InChI=1S/C8H15NO/c1-3-9-8-4-7(5-8)6-10-2/h3,7-9H,1,4-6H2,2H3/t7-,8+. The molecule has 1 N–H and O–H groups in total. The molecule has 10 heavy (non-hydrogen) atoms. The van der Waals surface area contributed by atoms with Crippen LogP contribution in [0.5, 0.6) is 0 Å². The molecule has 0 aromatic heterocycles. The summed E-state index contributed by atoms with van der Waals surface area (Å²) in [5, 5.41) is 3.18. The molecule has 1 aliphatic carbocycles. The lowest BCUT2D eigenvalue weighted by Gasteiger charge is -2.34. The molecule has 2 heteroatoms. The van der Waals surface area contributed by atoms with Gasteiger partial charge in [0.15, 0.2) is 0 Å². The summed E-state index contributed by atoms with van der Waals surface area (Å²) in [5.74, 6) is 0.780. The molecular formula is C8H15NO. The topological polar surface area (TPSA) is 21.3 Å². The molecule has 0 spiro atoms. The van der Waals surface area contributed by atoms with E-state index >= 15 is 0 Å². The van der Waals surface area contributed by atoms with E-state index in [1.165, 1.54) is 12.8 Å². The molecule has 0 unspecified atom stereocenters. The molecule has 0 bridgehead atoms. The van der Waals surface area contributed by atoms with Gasteiger partial charge in [0.05, 0.1) is 0 Å². The third kappa shape index (κ3) is 1.74. The van der Waals surface area contributed by atoms with Crippen molar-refractivity contribution in [3.63, 3.8) is 0 Å². The maximum atomic E-state index is 5.02. The zero-order valence-electron chi connectivity index (χ0n) is 6.47. The van der Waals surface area contributed by atoms with E-state index in [-0.39, 0.29) is 0 Å². The average Bonchev–Trinajstić information content (AvgIpc) is 1.84. The minimum Gasteiger partial charge on any atom is -0.389 e. The van der Waals surface area contributed by atoms with Crippen molar-refractivity contribution in [2.75, 3.05) is 13.7 Å². The second kappa shape index (κ2) is 3.62. The van der Waals surface area contributed by atoms with Crippen molar-refractivity contribution in [3.05, 3.63) is 12.8 Å². The molecule has 0 amide bonds. The van der Waals surface area contributed by atoms with Gasteiger partial charge in [-0.2, -0.15) is 0 Å². The molecule has 0 aromatic carbocycles. The fraction of sp³-hybridized carbons (Fsp3) is 0.750. The second-order valence-corrected chi connectivity index (χ2v) is 2.86. The Morgan fingerprint density at radius 1 is 1.70 bits per heavy atom. The highest BCUT2D eigenvalue weighted by Gasteiger charge is 2.27. The van der Waals surface area contributed by atoms with Crippen molar-refractivity contribution in [1.29, 1.82) is 0 Å². The van der Waals surface area contributed by atoms with Crippen molar-refractivity contribution in [3.8, 4) is 0 Å². The number of hydrogen-bond donors (Lipinski definition) is 1. The summed E-state index contributed by atoms with van der Waals surface area (Å²) in [6.07, 6.45) is 4.24. The van der Waals surface area contributed by atoms with Gasteiger partial charge in [0.1, 0.15) is 0 Å². The van der Waals surface area contributed by atoms with Crippen molar-refractivity contribution >= 4 is 0 Å². The van der Waals surface area contributed by atoms with Crippen LogP contribution in [-0.2, 0) is 4.74 Å². The summed E-state index contributed by atoms with van der Waals surface area (Å²) in [7, 11) is 1.76. The van der Waals surface area contributed by atoms with E-state index in [2.05, 4.69) is 11.9 Å². The van der Waals surface area contributed by atoms with Crippen LogP contribution in [0.1, 0.15) is 12.8 Å². The Hall–Kier alpha value is -0.500. The minimum atomic E-state index is 0.664. The van der Waals surface area contributed by atoms with E-state index in [0.29, 0.717) is 6.04 Å². The number of nitrogens with one attached hydrogen (secondary N) is 1. The largest absolute Gasteiger partial charge is 0.389 e. The lowest BCUT2D eigenvalue weighted by Crippen LogP contribution is -2.40. The second-order valence-electron chi connectivity index (χ2n) is 2.86. The van der Waals surface area contributed by atoms with Crippen LogP contribution in [0.25, 0.3) is 0 Å². The Kier molecular flexibility index (Phi) is 2.75. The van der Waals surface area contributed by atoms with Crippen LogP contribution in [0.3, 0.4) is 0 Å². The monoisotopic (exact) mass is 141 g/mol. The van der Waals surface area contributed by atoms with Crippen molar-refractivity contribution < 1.29 is 4.74 Å². The summed E-state index contributed by atoms with van der Waals surface area (Å²) >= 11 is 0. The summed E-state index contributed by atoms with van der Waals surface area (Å²) in [4.78, 5) is 0. The van der Waals surface area contributed by atoms with Gasteiger partial charge in [-0.1, -0.05) is 6.58 Å². The van der Waals surface area contributed by atoms with Crippen LogP contribution in [-0.4, -0.2) is 19.8 Å². The number of methoxy groups -OCH3 is 1. The van der Waals surface area contributed by atoms with E-state index < -0.39 is 0 Å². The van der Waals surface area contributed by atoms with Gasteiger partial charge in [-0.05, 0) is 25.0 Å². The van der Waals surface area contributed by atoms with Gasteiger partial charge in [0.2, 0.25) is 0 Å². The van der Waals surface area contributed by atoms with Crippen molar-refractivity contribution in [2.24, 2.45) is 5.92 Å². The molecule has 1 fully saturated rings. The molecular weight excluding hydrogens is 126 g/mol. The lowest BCUT2D eigenvalue weighted by molar-refractivity contribution is 0.0927. The third-order valence-electron chi connectivity index (χ3n) is 1.99. The number of hydrogen-bond acceptors (Lipinski definition) is 2. The SMILES string of the molecule is C=CN[C@H]1C[C@@H](COC)C1. The molecule has 0 saturated heterocycles. The normalized spacial score (nSPS) is 30.9. The Bertz CT molecular complexity index is 108. The fourth-order valence-corrected chi connectivity index (χ4v) is 1.41. The minimum absolute atomic E-state index is 0.664. The maximum absolute atomic E-state index is 5.02. The van der Waals surface area contributed by atoms with Gasteiger partial charge in [-0.3, -0.25) is 0 Å². The number of ether oxygens (including phenoxy) is 1. The zero-order valence-corrected chi connectivity index (χ0v) is 6.47. The van der Waals surface area contributed by atoms with Crippen LogP contribution >= 0.6 is 0 Å². The van der Waals surface area contributed by atoms with Crippen LogP contribution in [0.4, 0.5) is 0 Å². The van der Waals surface area contributed by atoms with E-state index in [1.54, 1.807) is 13.3 Å². The smallest absolute Gasteiger partial charge is 0.0492 e. The summed E-state index contributed by atoms with van der Waals surface area (Å²) in [6.45, 7) is 4.52. The first-order chi connectivity index (χ1) is 4.86. The number of rotatable bonds is 4. The van der Waals surface area contributed by atoms with Crippen molar-refractivity contribution in [2.45, 2.75) is 18.9 Å². The highest BCUT2D eigenvalue weighted by Crippen LogP contribution is 2.27. The van der Waals surface area contributed by atoms with Gasteiger partial charge in [0.25, 0.3) is 0 Å². The molecule has 0 aliphatic heterocycles. The predicted molar refractivity (Wildman–Crippen MR) is 41.7 cm³/mol. The van der Waals surface area contributed by atoms with E-state index in [0.717, 1.165) is 12.5 Å². The van der Waals surface area contributed by atoms with Crippen LogP contribution in [0.2, 0.25) is 0 Å². The molecule has 0 atom stereocenters. The highest BCUT2D eigenvalue weighted by molar-refractivity contribution is 4.87. The quantitative estimate of drug-likeness (QED) is 0.634. The first kappa shape index (κ1) is 7.61. The molecule has 0 radical (unpaired) electrons. The van der Waals surface area contributed by atoms with E-state index in [9.17, 15) is 0 Å². The van der Waals surface area contributed by atoms with E-state index in [4.69, 9.17) is 4.74 Å². The van der Waals surface area contributed by atoms with E-state index in [1.807, 2.05) is 0 Å². The Balaban J connectivity index is 2.00. The zero-order chi connectivity index (χ0) is 7.40. The first-order valence-corrected chi connectivity index (χ1v) is 3.72. The first-order valence-electron chi connectivity index (χ1n) is 3.72. The molecule has 58 valence electrons. The van der Waals surface area contributed by atoms with Gasteiger partial charge >= 0.3 is 0 Å². The van der Waals surface area contributed by atoms with Crippen LogP contribution < -0.4 is 5.32 Å². The van der Waals surface area contributed by atoms with Gasteiger partial charge in [-0.25, -0.2) is 0 Å². The lowest BCUT2D eigenvalue weighted by atomic mass is 9.81. The van der Waals surface area contributed by atoms with Crippen LogP contribution in [0.15, 0.2) is 12.8 Å². The van der Waals surface area contributed by atoms with Gasteiger partial charge < -0.3 is 10.1 Å². The van der Waals surface area contributed by atoms with Gasteiger partial charge in [0, 0.05) is 19.8 Å². The summed E-state index contributed by atoms with van der Waals surface area (Å²) < 4.78 is 5.02. The summed E-state index contributed by atoms with van der Waals surface area (Å²) in [5.41, 5.74) is 0. The molecule has 2 nitrogen and oxygen atoms in total. The van der Waals surface area contributed by atoms with Crippen LogP contribution in [0, 0.1) is 5.92 Å². The molecule has 1 rings (SSSR count). The van der Waals surface area contributed by atoms with Gasteiger partial charge in [-0.15, -0.1) is 0 Å². The summed E-state index contributed by atoms with van der Waals surface area (Å²) in [6, 6.07) is 0.664.